The predicted molar refractivity (Wildman–Crippen MR) is 126 cm³/mol. The highest BCUT2D eigenvalue weighted by molar-refractivity contribution is 6.31. The van der Waals surface area contributed by atoms with Crippen LogP contribution in [0, 0.1) is 0 Å². The summed E-state index contributed by atoms with van der Waals surface area (Å²) in [4.78, 5) is 11.9. The van der Waals surface area contributed by atoms with Crippen LogP contribution in [0.2, 0.25) is 5.02 Å². The van der Waals surface area contributed by atoms with Crippen LogP contribution in [0.25, 0.3) is 0 Å². The van der Waals surface area contributed by atoms with Crippen LogP contribution in [0.15, 0.2) is 71.8 Å². The molecule has 1 N–H and O–H groups in total. The molecule has 0 fully saturated rings. The zero-order chi connectivity index (χ0) is 22.8. The number of carbonyl (C=O) groups excluding carboxylic acids is 1. The molecule has 7 heteroatoms. The molecule has 0 unspecified atom stereocenters. The molecule has 0 aliphatic carbocycles. The van der Waals surface area contributed by atoms with E-state index in [0.717, 1.165) is 17.5 Å². The second-order valence-corrected chi connectivity index (χ2v) is 7.28. The van der Waals surface area contributed by atoms with Crippen molar-refractivity contribution in [3.05, 3.63) is 88.4 Å². The van der Waals surface area contributed by atoms with Crippen molar-refractivity contribution in [1.82, 2.24) is 5.43 Å². The van der Waals surface area contributed by atoms with Gasteiger partial charge in [-0.05, 0) is 53.9 Å². The normalized spacial score (nSPS) is 10.7. The molecule has 0 aromatic heterocycles. The maximum Gasteiger partial charge on any atom is 0.277 e. The number of benzene rings is 3. The molecule has 3 rings (SSSR count). The number of aryl methyl sites for hydroxylation is 1. The average molecular weight is 453 g/mol. The Kier molecular flexibility index (Phi) is 8.52. The zero-order valence-corrected chi connectivity index (χ0v) is 18.8. The van der Waals surface area contributed by atoms with Crippen LogP contribution >= 0.6 is 11.6 Å². The van der Waals surface area contributed by atoms with Gasteiger partial charge in [-0.15, -0.1) is 0 Å². The first kappa shape index (κ1) is 23.2. The van der Waals surface area contributed by atoms with E-state index in [9.17, 15) is 4.79 Å². The molecule has 0 heterocycles. The fraction of sp³-hybridized carbons (Fsp3) is 0.200. The predicted octanol–water partition coefficient (Wildman–Crippen LogP) is 5.02. The molecule has 0 aliphatic rings. The van der Waals surface area contributed by atoms with Crippen LogP contribution in [0.1, 0.15) is 23.6 Å². The lowest BCUT2D eigenvalue weighted by molar-refractivity contribution is -0.123. The summed E-state index contributed by atoms with van der Waals surface area (Å²) in [5.41, 5.74) is 5.28. The number of nitrogens with zero attached hydrogens (tertiary/aromatic N) is 1. The molecule has 3 aromatic carbocycles. The van der Waals surface area contributed by atoms with E-state index in [-0.39, 0.29) is 12.5 Å². The van der Waals surface area contributed by atoms with Crippen LogP contribution in [0.4, 0.5) is 0 Å². The highest BCUT2D eigenvalue weighted by atomic mass is 35.5. The summed E-state index contributed by atoms with van der Waals surface area (Å²) in [6.07, 6.45) is 2.48. The minimum atomic E-state index is -0.354. The molecule has 0 spiro atoms. The number of halogens is 1. The largest absolute Gasteiger partial charge is 0.493 e. The molecule has 6 nitrogen and oxygen atoms in total. The number of hydrogen-bond donors (Lipinski definition) is 1. The lowest BCUT2D eigenvalue weighted by atomic mass is 10.2. The Balaban J connectivity index is 1.51. The molecule has 32 heavy (non-hydrogen) atoms. The summed E-state index contributed by atoms with van der Waals surface area (Å²) in [5.74, 6) is 1.41. The van der Waals surface area contributed by atoms with Crippen LogP contribution in [0.5, 0.6) is 17.2 Å². The summed E-state index contributed by atoms with van der Waals surface area (Å²) in [7, 11) is 1.56. The smallest absolute Gasteiger partial charge is 0.277 e. The first-order valence-corrected chi connectivity index (χ1v) is 10.5. The van der Waals surface area contributed by atoms with Crippen molar-refractivity contribution in [3.63, 3.8) is 0 Å². The quantitative estimate of drug-likeness (QED) is 0.346. The fourth-order valence-electron chi connectivity index (χ4n) is 2.84. The highest BCUT2D eigenvalue weighted by Gasteiger charge is 2.07. The first-order chi connectivity index (χ1) is 15.6. The van der Waals surface area contributed by atoms with Gasteiger partial charge in [-0.3, -0.25) is 4.79 Å². The number of carbonyl (C=O) groups is 1. The van der Waals surface area contributed by atoms with Crippen molar-refractivity contribution in [2.75, 3.05) is 13.7 Å². The maximum absolute atomic E-state index is 11.9. The number of amides is 1. The monoisotopic (exact) mass is 452 g/mol. The van der Waals surface area contributed by atoms with Gasteiger partial charge in [0.2, 0.25) is 0 Å². The molecule has 0 radical (unpaired) electrons. The topological polar surface area (TPSA) is 69.2 Å². The van der Waals surface area contributed by atoms with Gasteiger partial charge < -0.3 is 14.2 Å². The molecule has 166 valence electrons. The van der Waals surface area contributed by atoms with Crippen molar-refractivity contribution >= 4 is 23.7 Å². The van der Waals surface area contributed by atoms with E-state index in [0.29, 0.717) is 28.9 Å². The Morgan fingerprint density at radius 1 is 1.03 bits per heavy atom. The van der Waals surface area contributed by atoms with Gasteiger partial charge in [0.15, 0.2) is 18.1 Å². The lowest BCUT2D eigenvalue weighted by Crippen LogP contribution is -2.24. The number of rotatable bonds is 10. The molecular formula is C25H25ClN2O4. The Morgan fingerprint density at radius 2 is 1.81 bits per heavy atom. The van der Waals surface area contributed by atoms with Crippen LogP contribution < -0.4 is 19.6 Å². The second-order valence-electron chi connectivity index (χ2n) is 6.87. The summed E-state index contributed by atoms with van der Waals surface area (Å²) >= 11 is 6.17. The van der Waals surface area contributed by atoms with Crippen molar-refractivity contribution < 1.29 is 19.0 Å². The van der Waals surface area contributed by atoms with E-state index in [1.165, 1.54) is 11.8 Å². The van der Waals surface area contributed by atoms with Gasteiger partial charge in [0, 0.05) is 10.6 Å². The standard InChI is InChI=1S/C25H25ClN2O4/c1-3-18-8-11-21(12-9-18)31-17-25(29)28-27-15-19-10-13-23(24(14-19)30-2)32-16-20-6-4-5-7-22(20)26/h4-15H,3,16-17H2,1-2H3,(H,28,29)/b27-15+. The minimum Gasteiger partial charge on any atom is -0.493 e. The van der Waals surface area contributed by atoms with E-state index in [1.807, 2.05) is 54.6 Å². The molecule has 0 atom stereocenters. The molecule has 3 aromatic rings. The summed E-state index contributed by atoms with van der Waals surface area (Å²) in [6, 6.07) is 20.5. The molecule has 1 amide bonds. The number of nitrogens with one attached hydrogen (secondary N) is 1. The van der Waals surface area contributed by atoms with Gasteiger partial charge in [-0.1, -0.05) is 48.9 Å². The van der Waals surface area contributed by atoms with E-state index in [1.54, 1.807) is 19.2 Å². The zero-order valence-electron chi connectivity index (χ0n) is 18.0. The van der Waals surface area contributed by atoms with Gasteiger partial charge in [0.1, 0.15) is 12.4 Å². The summed E-state index contributed by atoms with van der Waals surface area (Å²) in [6.45, 7) is 2.28. The van der Waals surface area contributed by atoms with Crippen LogP contribution in [-0.2, 0) is 17.8 Å². The van der Waals surface area contributed by atoms with Gasteiger partial charge in [0.25, 0.3) is 5.91 Å². The van der Waals surface area contributed by atoms with Crippen LogP contribution in [-0.4, -0.2) is 25.8 Å². The van der Waals surface area contributed by atoms with Crippen molar-refractivity contribution in [1.29, 1.82) is 0 Å². The Hall–Kier alpha value is -3.51. The van der Waals surface area contributed by atoms with E-state index in [2.05, 4.69) is 17.5 Å². The average Bonchev–Trinajstić information content (AvgIpc) is 2.83. The third-order valence-electron chi connectivity index (χ3n) is 4.63. The van der Waals surface area contributed by atoms with Crippen LogP contribution in [0.3, 0.4) is 0 Å². The first-order valence-electron chi connectivity index (χ1n) is 10.2. The van der Waals surface area contributed by atoms with Gasteiger partial charge in [-0.2, -0.15) is 5.10 Å². The van der Waals surface area contributed by atoms with E-state index >= 15 is 0 Å². The van der Waals surface area contributed by atoms with E-state index < -0.39 is 0 Å². The lowest BCUT2D eigenvalue weighted by Gasteiger charge is -2.12. The molecule has 0 bridgehead atoms. The Labute approximate surface area is 192 Å². The number of hydrogen-bond acceptors (Lipinski definition) is 5. The number of methoxy groups -OCH3 is 1. The van der Waals surface area contributed by atoms with Gasteiger partial charge in [-0.25, -0.2) is 5.43 Å². The van der Waals surface area contributed by atoms with Crippen molar-refractivity contribution in [3.8, 4) is 17.2 Å². The number of ether oxygens (including phenoxy) is 3. The molecule has 0 saturated heterocycles. The minimum absolute atomic E-state index is 0.124. The summed E-state index contributed by atoms with van der Waals surface area (Å²) < 4.78 is 16.7. The molecular weight excluding hydrogens is 428 g/mol. The van der Waals surface area contributed by atoms with E-state index in [4.69, 9.17) is 25.8 Å². The van der Waals surface area contributed by atoms with Crippen molar-refractivity contribution in [2.24, 2.45) is 5.10 Å². The maximum atomic E-state index is 11.9. The third-order valence-corrected chi connectivity index (χ3v) is 5.00. The third kappa shape index (κ3) is 6.75. The number of hydrazone groups is 1. The molecule has 0 aliphatic heterocycles. The van der Waals surface area contributed by atoms with Gasteiger partial charge >= 0.3 is 0 Å². The second kappa shape index (κ2) is 11.8. The highest BCUT2D eigenvalue weighted by Crippen LogP contribution is 2.29. The summed E-state index contributed by atoms with van der Waals surface area (Å²) in [5, 5.41) is 4.62. The van der Waals surface area contributed by atoms with Crippen molar-refractivity contribution in [2.45, 2.75) is 20.0 Å². The Bertz CT molecular complexity index is 1070. The fourth-order valence-corrected chi connectivity index (χ4v) is 3.03. The SMILES string of the molecule is CCc1ccc(OCC(=O)N/N=C/c2ccc(OCc3ccccc3Cl)c(OC)c2)cc1. The Morgan fingerprint density at radius 3 is 2.53 bits per heavy atom. The van der Waals surface area contributed by atoms with Gasteiger partial charge in [0.05, 0.1) is 13.3 Å². The molecule has 0 saturated carbocycles.